The lowest BCUT2D eigenvalue weighted by atomic mass is 10.1. The molecule has 1 unspecified atom stereocenters. The molecule has 0 aliphatic carbocycles. The molecule has 1 amide bonds. The normalized spacial score (nSPS) is 12.2. The smallest absolute Gasteiger partial charge is 0.254 e. The number of halogens is 1. The Morgan fingerprint density at radius 1 is 1.04 bits per heavy atom. The van der Waals surface area contributed by atoms with E-state index in [-0.39, 0.29) is 11.9 Å². The first kappa shape index (κ1) is 17.4. The van der Waals surface area contributed by atoms with E-state index in [0.29, 0.717) is 10.6 Å². The predicted octanol–water partition coefficient (Wildman–Crippen LogP) is 4.73. The van der Waals surface area contributed by atoms with E-state index in [1.54, 1.807) is 24.1 Å². The van der Waals surface area contributed by atoms with Gasteiger partial charge in [0.25, 0.3) is 5.91 Å². The SMILES string of the molecule is Cc1nc2ccc(C(=O)N(C)C(C)c3cccc(Cl)c3)cc2nc1C. The Labute approximate surface area is 152 Å². The van der Waals surface area contributed by atoms with Gasteiger partial charge in [-0.25, -0.2) is 9.97 Å². The van der Waals surface area contributed by atoms with Crippen LogP contribution in [0.2, 0.25) is 5.02 Å². The third kappa shape index (κ3) is 3.49. The van der Waals surface area contributed by atoms with Crippen LogP contribution < -0.4 is 0 Å². The van der Waals surface area contributed by atoms with Gasteiger partial charge in [0, 0.05) is 17.6 Å². The van der Waals surface area contributed by atoms with E-state index in [1.165, 1.54) is 0 Å². The third-order valence-electron chi connectivity index (χ3n) is 4.55. The average Bonchev–Trinajstić information content (AvgIpc) is 2.60. The Morgan fingerprint density at radius 2 is 1.72 bits per heavy atom. The molecule has 0 bridgehead atoms. The van der Waals surface area contributed by atoms with Gasteiger partial charge in [-0.1, -0.05) is 23.7 Å². The molecule has 0 aliphatic heterocycles. The first-order chi connectivity index (χ1) is 11.9. The molecular formula is C20H20ClN3O. The van der Waals surface area contributed by atoms with E-state index in [0.717, 1.165) is 28.0 Å². The van der Waals surface area contributed by atoms with Gasteiger partial charge in [-0.05, 0) is 56.7 Å². The summed E-state index contributed by atoms with van der Waals surface area (Å²) in [6.07, 6.45) is 0. The molecule has 0 saturated heterocycles. The molecule has 0 N–H and O–H groups in total. The molecule has 5 heteroatoms. The van der Waals surface area contributed by atoms with E-state index in [9.17, 15) is 4.79 Å². The summed E-state index contributed by atoms with van der Waals surface area (Å²) in [7, 11) is 1.80. The zero-order chi connectivity index (χ0) is 18.1. The van der Waals surface area contributed by atoms with Gasteiger partial charge in [-0.3, -0.25) is 4.79 Å². The summed E-state index contributed by atoms with van der Waals surface area (Å²) in [5.41, 5.74) is 4.90. The molecule has 128 valence electrons. The van der Waals surface area contributed by atoms with Gasteiger partial charge in [0.1, 0.15) is 0 Å². The number of aromatic nitrogens is 2. The lowest BCUT2D eigenvalue weighted by Gasteiger charge is -2.25. The second-order valence-corrected chi connectivity index (χ2v) is 6.68. The van der Waals surface area contributed by atoms with Crippen molar-refractivity contribution in [3.63, 3.8) is 0 Å². The number of nitrogens with zero attached hydrogens (tertiary/aromatic N) is 3. The fourth-order valence-electron chi connectivity index (χ4n) is 2.73. The maximum absolute atomic E-state index is 12.9. The van der Waals surface area contributed by atoms with Crippen LogP contribution in [0.15, 0.2) is 42.5 Å². The summed E-state index contributed by atoms with van der Waals surface area (Å²) in [4.78, 5) is 23.6. The van der Waals surface area contributed by atoms with Crippen molar-refractivity contribution < 1.29 is 4.79 Å². The van der Waals surface area contributed by atoms with E-state index in [4.69, 9.17) is 11.6 Å². The quantitative estimate of drug-likeness (QED) is 0.683. The van der Waals surface area contributed by atoms with Crippen molar-refractivity contribution in [1.29, 1.82) is 0 Å². The van der Waals surface area contributed by atoms with Crippen molar-refractivity contribution in [2.75, 3.05) is 7.05 Å². The van der Waals surface area contributed by atoms with Gasteiger partial charge >= 0.3 is 0 Å². The third-order valence-corrected chi connectivity index (χ3v) is 4.79. The van der Waals surface area contributed by atoms with Crippen LogP contribution in [-0.4, -0.2) is 27.8 Å². The Balaban J connectivity index is 1.91. The van der Waals surface area contributed by atoms with Crippen molar-refractivity contribution in [2.24, 2.45) is 0 Å². The molecule has 1 heterocycles. The fraction of sp³-hybridized carbons (Fsp3) is 0.250. The van der Waals surface area contributed by atoms with Crippen LogP contribution >= 0.6 is 11.6 Å². The Kier molecular flexibility index (Phi) is 4.73. The van der Waals surface area contributed by atoms with Crippen LogP contribution in [0.3, 0.4) is 0 Å². The average molecular weight is 354 g/mol. The summed E-state index contributed by atoms with van der Waals surface area (Å²) in [5, 5.41) is 0.664. The van der Waals surface area contributed by atoms with E-state index in [2.05, 4.69) is 9.97 Å². The van der Waals surface area contributed by atoms with Crippen LogP contribution in [0.1, 0.15) is 40.3 Å². The summed E-state index contributed by atoms with van der Waals surface area (Å²) in [6.45, 7) is 5.84. The summed E-state index contributed by atoms with van der Waals surface area (Å²) in [5.74, 6) is -0.0607. The van der Waals surface area contributed by atoms with Crippen molar-refractivity contribution in [3.05, 3.63) is 70.0 Å². The summed E-state index contributed by atoms with van der Waals surface area (Å²) >= 11 is 6.06. The molecule has 0 spiro atoms. The molecule has 0 aliphatic rings. The van der Waals surface area contributed by atoms with Gasteiger partial charge in [-0.15, -0.1) is 0 Å². The van der Waals surface area contributed by atoms with Crippen LogP contribution in [0.5, 0.6) is 0 Å². The topological polar surface area (TPSA) is 46.1 Å². The number of rotatable bonds is 3. The zero-order valence-corrected chi connectivity index (χ0v) is 15.5. The Morgan fingerprint density at radius 3 is 2.40 bits per heavy atom. The minimum atomic E-state index is -0.0901. The monoisotopic (exact) mass is 353 g/mol. The molecule has 0 fully saturated rings. The lowest BCUT2D eigenvalue weighted by Crippen LogP contribution is -2.29. The highest BCUT2D eigenvalue weighted by Crippen LogP contribution is 2.24. The minimum absolute atomic E-state index is 0.0607. The van der Waals surface area contributed by atoms with Gasteiger partial charge in [0.05, 0.1) is 28.5 Å². The number of amides is 1. The zero-order valence-electron chi connectivity index (χ0n) is 14.7. The van der Waals surface area contributed by atoms with Crippen molar-refractivity contribution >= 4 is 28.5 Å². The number of carbonyl (C=O) groups excluding carboxylic acids is 1. The van der Waals surface area contributed by atoms with Gasteiger partial charge < -0.3 is 4.90 Å². The number of hydrogen-bond donors (Lipinski definition) is 0. The first-order valence-electron chi connectivity index (χ1n) is 8.14. The second kappa shape index (κ2) is 6.81. The molecule has 1 aromatic heterocycles. The molecule has 1 atom stereocenters. The number of hydrogen-bond acceptors (Lipinski definition) is 3. The Bertz CT molecular complexity index is 955. The van der Waals surface area contributed by atoms with Gasteiger partial charge in [0.2, 0.25) is 0 Å². The van der Waals surface area contributed by atoms with Crippen LogP contribution in [0.25, 0.3) is 11.0 Å². The van der Waals surface area contributed by atoms with Crippen LogP contribution in [0, 0.1) is 13.8 Å². The number of fused-ring (bicyclic) bond motifs is 1. The molecule has 4 nitrogen and oxygen atoms in total. The summed E-state index contributed by atoms with van der Waals surface area (Å²) in [6, 6.07) is 12.9. The van der Waals surface area contributed by atoms with E-state index >= 15 is 0 Å². The maximum Gasteiger partial charge on any atom is 0.254 e. The van der Waals surface area contributed by atoms with Crippen LogP contribution in [-0.2, 0) is 0 Å². The van der Waals surface area contributed by atoms with E-state index in [1.807, 2.05) is 51.1 Å². The highest BCUT2D eigenvalue weighted by Gasteiger charge is 2.19. The molecule has 3 rings (SSSR count). The highest BCUT2D eigenvalue weighted by atomic mass is 35.5. The molecule has 25 heavy (non-hydrogen) atoms. The number of benzene rings is 2. The molecule has 0 saturated carbocycles. The standard InChI is InChI=1S/C20H20ClN3O/c1-12-13(2)23-19-11-16(8-9-18(19)22-12)20(25)24(4)14(3)15-6-5-7-17(21)10-15/h5-11,14H,1-4H3. The van der Waals surface area contributed by atoms with Crippen molar-refractivity contribution in [1.82, 2.24) is 14.9 Å². The van der Waals surface area contributed by atoms with Crippen molar-refractivity contribution in [2.45, 2.75) is 26.8 Å². The van der Waals surface area contributed by atoms with Gasteiger partial charge in [-0.2, -0.15) is 0 Å². The fourth-order valence-corrected chi connectivity index (χ4v) is 2.93. The Hall–Kier alpha value is -2.46. The first-order valence-corrected chi connectivity index (χ1v) is 8.52. The number of carbonyl (C=O) groups is 1. The molecule has 2 aromatic carbocycles. The van der Waals surface area contributed by atoms with Crippen LogP contribution in [0.4, 0.5) is 0 Å². The maximum atomic E-state index is 12.9. The lowest BCUT2D eigenvalue weighted by molar-refractivity contribution is 0.0743. The minimum Gasteiger partial charge on any atom is -0.335 e. The molecule has 3 aromatic rings. The largest absolute Gasteiger partial charge is 0.335 e. The molecule has 0 radical (unpaired) electrons. The summed E-state index contributed by atoms with van der Waals surface area (Å²) < 4.78 is 0. The van der Waals surface area contributed by atoms with E-state index < -0.39 is 0 Å². The van der Waals surface area contributed by atoms with Crippen molar-refractivity contribution in [3.8, 4) is 0 Å². The second-order valence-electron chi connectivity index (χ2n) is 6.24. The number of aryl methyl sites for hydroxylation is 2. The highest BCUT2D eigenvalue weighted by molar-refractivity contribution is 6.30. The predicted molar refractivity (Wildman–Crippen MR) is 101 cm³/mol. The molecular weight excluding hydrogens is 334 g/mol. The van der Waals surface area contributed by atoms with Gasteiger partial charge in [0.15, 0.2) is 0 Å².